The molecule has 0 spiro atoms. The van der Waals surface area contributed by atoms with Gasteiger partial charge in [0.25, 0.3) is 0 Å². The van der Waals surface area contributed by atoms with Gasteiger partial charge in [-0.25, -0.2) is 8.42 Å². The first-order valence-corrected chi connectivity index (χ1v) is 12.4. The molecule has 8 heteroatoms. The number of fused-ring (bicyclic) bond motifs is 1. The van der Waals surface area contributed by atoms with Gasteiger partial charge in [-0.3, -0.25) is 4.79 Å². The first-order chi connectivity index (χ1) is 15.4. The van der Waals surface area contributed by atoms with E-state index in [1.165, 1.54) is 4.31 Å². The summed E-state index contributed by atoms with van der Waals surface area (Å²) in [5.74, 6) is 0.243. The number of hydrogen-bond acceptors (Lipinski definition) is 4. The molecule has 1 saturated heterocycles. The molecule has 2 aromatic carbocycles. The highest BCUT2D eigenvalue weighted by molar-refractivity contribution is 7.89. The second kappa shape index (κ2) is 9.34. The lowest BCUT2D eigenvalue weighted by Crippen LogP contribution is -2.45. The topological polar surface area (TPSA) is 80.6 Å². The van der Waals surface area contributed by atoms with E-state index in [1.807, 2.05) is 61.1 Å². The van der Waals surface area contributed by atoms with Crippen LogP contribution in [0.1, 0.15) is 25.3 Å². The number of para-hydroxylation sites is 1. The average Bonchev–Trinajstić information content (AvgIpc) is 3.18. The molecule has 0 unspecified atom stereocenters. The van der Waals surface area contributed by atoms with Crippen LogP contribution in [0.2, 0.25) is 0 Å². The number of piperidine rings is 1. The quantitative estimate of drug-likeness (QED) is 0.593. The Hall–Kier alpha value is -2.84. The number of carbonyl (C=O) groups is 1. The van der Waals surface area contributed by atoms with Crippen molar-refractivity contribution in [3.63, 3.8) is 0 Å². The Bertz CT molecular complexity index is 1220. The predicted molar refractivity (Wildman–Crippen MR) is 124 cm³/mol. The van der Waals surface area contributed by atoms with Crippen LogP contribution < -0.4 is 10.1 Å². The van der Waals surface area contributed by atoms with E-state index in [0.717, 1.165) is 22.2 Å². The average molecular weight is 456 g/mol. The lowest BCUT2D eigenvalue weighted by molar-refractivity contribution is -0.126. The fraction of sp³-hybridized carbons (Fsp3) is 0.375. The van der Waals surface area contributed by atoms with Gasteiger partial charge in [-0.1, -0.05) is 18.2 Å². The van der Waals surface area contributed by atoms with Crippen LogP contribution in [0.5, 0.6) is 5.75 Å². The third kappa shape index (κ3) is 4.52. The highest BCUT2D eigenvalue weighted by Crippen LogP contribution is 2.27. The van der Waals surface area contributed by atoms with E-state index in [2.05, 4.69) is 5.32 Å². The number of carbonyl (C=O) groups excluding carboxylic acids is 1. The van der Waals surface area contributed by atoms with Crippen molar-refractivity contribution in [2.24, 2.45) is 13.0 Å². The van der Waals surface area contributed by atoms with Gasteiger partial charge in [-0.05, 0) is 50.1 Å². The fourth-order valence-electron chi connectivity index (χ4n) is 4.22. The Morgan fingerprint density at radius 3 is 2.81 bits per heavy atom. The summed E-state index contributed by atoms with van der Waals surface area (Å²) in [6.45, 7) is 3.43. The van der Waals surface area contributed by atoms with Crippen molar-refractivity contribution in [1.29, 1.82) is 0 Å². The van der Waals surface area contributed by atoms with Gasteiger partial charge in [0.05, 0.1) is 17.4 Å². The van der Waals surface area contributed by atoms with Crippen molar-refractivity contribution < 1.29 is 17.9 Å². The number of hydrogen-bond donors (Lipinski definition) is 1. The first kappa shape index (κ1) is 22.4. The molecule has 0 bridgehead atoms. The maximum Gasteiger partial charge on any atom is 0.243 e. The smallest absolute Gasteiger partial charge is 0.243 e. The number of aryl methyl sites for hydroxylation is 1. The molecule has 4 rings (SSSR count). The van der Waals surface area contributed by atoms with Crippen molar-refractivity contribution >= 4 is 26.8 Å². The van der Waals surface area contributed by atoms with Gasteiger partial charge in [0.1, 0.15) is 5.75 Å². The molecule has 2 heterocycles. The molecule has 7 nitrogen and oxygen atoms in total. The summed E-state index contributed by atoms with van der Waals surface area (Å²) in [7, 11) is -1.74. The van der Waals surface area contributed by atoms with Crippen LogP contribution in [-0.4, -0.2) is 42.9 Å². The van der Waals surface area contributed by atoms with E-state index in [-0.39, 0.29) is 23.3 Å². The predicted octanol–water partition coefficient (Wildman–Crippen LogP) is 3.29. The van der Waals surface area contributed by atoms with Crippen LogP contribution in [0.3, 0.4) is 0 Å². The molecule has 1 amide bonds. The van der Waals surface area contributed by atoms with E-state index in [9.17, 15) is 13.2 Å². The molecule has 0 aliphatic carbocycles. The molecule has 170 valence electrons. The van der Waals surface area contributed by atoms with Crippen molar-refractivity contribution in [3.8, 4) is 5.75 Å². The molecule has 3 aromatic rings. The molecular formula is C24H29N3O4S. The standard InChI is InChI=1S/C24H29N3O4S/c1-3-31-23-9-5-4-7-19(23)16-25-24(28)20-8-6-13-27(17-20)32(29,30)21-10-11-22-18(15-21)12-14-26(22)2/h4-5,7,9-12,14-15,20H,3,6,8,13,16-17H2,1-2H3,(H,25,28)/t20-/m0/s1. The summed E-state index contributed by atoms with van der Waals surface area (Å²) < 4.78 is 35.6. The SMILES string of the molecule is CCOc1ccccc1CNC(=O)[C@H]1CCCN(S(=O)(=O)c2ccc3c(ccn3C)c2)C1. The first-order valence-electron chi connectivity index (χ1n) is 10.9. The van der Waals surface area contributed by atoms with Crippen molar-refractivity contribution in [2.45, 2.75) is 31.2 Å². The van der Waals surface area contributed by atoms with Gasteiger partial charge in [0, 0.05) is 49.3 Å². The Morgan fingerprint density at radius 1 is 1.19 bits per heavy atom. The van der Waals surface area contributed by atoms with Crippen LogP contribution >= 0.6 is 0 Å². The number of rotatable bonds is 7. The largest absolute Gasteiger partial charge is 0.494 e. The summed E-state index contributed by atoms with van der Waals surface area (Å²) in [6.07, 6.45) is 3.23. The van der Waals surface area contributed by atoms with Crippen LogP contribution in [0.4, 0.5) is 0 Å². The summed E-state index contributed by atoms with van der Waals surface area (Å²) in [5.41, 5.74) is 1.88. The van der Waals surface area contributed by atoms with Crippen molar-refractivity contribution in [1.82, 2.24) is 14.2 Å². The molecule has 1 aliphatic rings. The highest BCUT2D eigenvalue weighted by atomic mass is 32.2. The van der Waals surface area contributed by atoms with Gasteiger partial charge in [-0.2, -0.15) is 4.31 Å². The van der Waals surface area contributed by atoms with Crippen LogP contribution in [-0.2, 0) is 28.4 Å². The zero-order valence-corrected chi connectivity index (χ0v) is 19.3. The van der Waals surface area contributed by atoms with Gasteiger partial charge < -0.3 is 14.6 Å². The maximum absolute atomic E-state index is 13.3. The highest BCUT2D eigenvalue weighted by Gasteiger charge is 2.33. The molecule has 0 saturated carbocycles. The summed E-state index contributed by atoms with van der Waals surface area (Å²) in [4.78, 5) is 13.1. The van der Waals surface area contributed by atoms with Gasteiger partial charge in [0.15, 0.2) is 0 Å². The summed E-state index contributed by atoms with van der Waals surface area (Å²) in [5, 5.41) is 3.85. The van der Waals surface area contributed by atoms with Crippen molar-refractivity contribution in [3.05, 3.63) is 60.3 Å². The third-order valence-electron chi connectivity index (χ3n) is 5.97. The second-order valence-corrected chi connectivity index (χ2v) is 10.0. The normalized spacial score (nSPS) is 17.4. The van der Waals surface area contributed by atoms with Crippen LogP contribution in [0.25, 0.3) is 10.9 Å². The number of benzene rings is 2. The molecule has 1 N–H and O–H groups in total. The minimum absolute atomic E-state index is 0.130. The molecule has 0 radical (unpaired) electrons. The Balaban J connectivity index is 1.44. The molecule has 1 fully saturated rings. The van der Waals surface area contributed by atoms with Gasteiger partial charge in [0.2, 0.25) is 15.9 Å². The Labute approximate surface area is 189 Å². The van der Waals surface area contributed by atoms with Crippen LogP contribution in [0, 0.1) is 5.92 Å². The number of sulfonamides is 1. The molecule has 1 atom stereocenters. The third-order valence-corrected chi connectivity index (χ3v) is 7.84. The minimum atomic E-state index is -3.67. The van der Waals surface area contributed by atoms with E-state index in [1.54, 1.807) is 12.1 Å². The fourth-order valence-corrected chi connectivity index (χ4v) is 5.78. The minimum Gasteiger partial charge on any atom is -0.494 e. The number of nitrogens with zero attached hydrogens (tertiary/aromatic N) is 2. The number of ether oxygens (including phenoxy) is 1. The van der Waals surface area contributed by atoms with E-state index >= 15 is 0 Å². The summed E-state index contributed by atoms with van der Waals surface area (Å²) in [6, 6.07) is 14.7. The lowest BCUT2D eigenvalue weighted by atomic mass is 9.98. The van der Waals surface area contributed by atoms with E-state index in [0.29, 0.717) is 32.5 Å². The number of amides is 1. The van der Waals surface area contributed by atoms with Gasteiger partial charge in [-0.15, -0.1) is 0 Å². The maximum atomic E-state index is 13.3. The lowest BCUT2D eigenvalue weighted by Gasteiger charge is -2.31. The van der Waals surface area contributed by atoms with E-state index in [4.69, 9.17) is 4.74 Å². The molecular weight excluding hydrogens is 426 g/mol. The molecule has 1 aliphatic heterocycles. The zero-order chi connectivity index (χ0) is 22.7. The van der Waals surface area contributed by atoms with E-state index < -0.39 is 10.0 Å². The van der Waals surface area contributed by atoms with Crippen LogP contribution in [0.15, 0.2) is 59.6 Å². The molecule has 32 heavy (non-hydrogen) atoms. The monoisotopic (exact) mass is 455 g/mol. The van der Waals surface area contributed by atoms with Gasteiger partial charge >= 0.3 is 0 Å². The number of nitrogens with one attached hydrogen (secondary N) is 1. The molecule has 1 aromatic heterocycles. The number of aromatic nitrogens is 1. The Kier molecular flexibility index (Phi) is 6.53. The Morgan fingerprint density at radius 2 is 2.00 bits per heavy atom. The zero-order valence-electron chi connectivity index (χ0n) is 18.5. The second-order valence-electron chi connectivity index (χ2n) is 8.11. The van der Waals surface area contributed by atoms with Crippen molar-refractivity contribution in [2.75, 3.05) is 19.7 Å². The summed E-state index contributed by atoms with van der Waals surface area (Å²) >= 11 is 0.